The summed E-state index contributed by atoms with van der Waals surface area (Å²) in [5, 5.41) is 21.5. The number of nitriles is 1. The highest BCUT2D eigenvalue weighted by atomic mass is 32.1. The zero-order chi connectivity index (χ0) is 27.6. The van der Waals surface area contributed by atoms with E-state index in [2.05, 4.69) is 21.6 Å². The van der Waals surface area contributed by atoms with Gasteiger partial charge in [-0.15, -0.1) is 10.2 Å². The number of rotatable bonds is 11. The molecule has 0 aliphatic carbocycles. The normalized spacial score (nSPS) is 11.0. The van der Waals surface area contributed by atoms with Crippen LogP contribution in [0.4, 0.5) is 5.13 Å². The van der Waals surface area contributed by atoms with Crippen LogP contribution in [-0.2, 0) is 11.2 Å². The maximum absolute atomic E-state index is 12.7. The minimum absolute atomic E-state index is 0.0765. The Bertz CT molecular complexity index is 1510. The Labute approximate surface area is 231 Å². The molecule has 0 atom stereocenters. The molecule has 1 aromatic heterocycles. The van der Waals surface area contributed by atoms with Crippen molar-refractivity contribution in [1.82, 2.24) is 10.2 Å². The molecule has 1 heterocycles. The Hall–Kier alpha value is -4.68. The molecule has 0 aliphatic heterocycles. The lowest BCUT2D eigenvalue weighted by Gasteiger charge is -2.13. The second kappa shape index (κ2) is 13.2. The average molecular weight is 541 g/mol. The molecule has 0 fully saturated rings. The molecule has 4 rings (SSSR count). The van der Waals surface area contributed by atoms with E-state index in [4.69, 9.17) is 14.2 Å². The monoisotopic (exact) mass is 540 g/mol. The summed E-state index contributed by atoms with van der Waals surface area (Å²) in [6.07, 6.45) is 2.10. The smallest absolute Gasteiger partial charge is 0.268 e. The van der Waals surface area contributed by atoms with Crippen molar-refractivity contribution < 1.29 is 19.0 Å². The first-order chi connectivity index (χ1) is 18.9. The van der Waals surface area contributed by atoms with Crippen LogP contribution in [0.25, 0.3) is 6.08 Å². The van der Waals surface area contributed by atoms with Crippen molar-refractivity contribution in [3.63, 3.8) is 0 Å². The fourth-order valence-corrected chi connectivity index (χ4v) is 4.55. The van der Waals surface area contributed by atoms with E-state index in [0.717, 1.165) is 21.9 Å². The second-order valence-corrected chi connectivity index (χ2v) is 9.73. The molecule has 1 N–H and O–H groups in total. The second-order valence-electron chi connectivity index (χ2n) is 8.66. The number of benzene rings is 3. The summed E-state index contributed by atoms with van der Waals surface area (Å²) in [5.41, 5.74) is 3.88. The highest BCUT2D eigenvalue weighted by molar-refractivity contribution is 7.15. The van der Waals surface area contributed by atoms with E-state index >= 15 is 0 Å². The fourth-order valence-electron chi connectivity index (χ4n) is 3.78. The van der Waals surface area contributed by atoms with Gasteiger partial charge in [0.25, 0.3) is 5.91 Å². The maximum atomic E-state index is 12.7. The number of ether oxygens (including phenoxy) is 3. The predicted octanol–water partition coefficient (Wildman–Crippen LogP) is 5.76. The van der Waals surface area contributed by atoms with Gasteiger partial charge in [0.1, 0.15) is 35.6 Å². The lowest BCUT2D eigenvalue weighted by atomic mass is 10.1. The van der Waals surface area contributed by atoms with Crippen molar-refractivity contribution in [3.8, 4) is 23.3 Å². The number of anilines is 1. The van der Waals surface area contributed by atoms with Crippen molar-refractivity contribution >= 4 is 28.5 Å². The molecule has 0 saturated carbocycles. The summed E-state index contributed by atoms with van der Waals surface area (Å²) < 4.78 is 17.1. The van der Waals surface area contributed by atoms with Crippen LogP contribution in [-0.4, -0.2) is 36.4 Å². The molecule has 4 aromatic rings. The van der Waals surface area contributed by atoms with Crippen molar-refractivity contribution in [2.75, 3.05) is 25.6 Å². The summed E-state index contributed by atoms with van der Waals surface area (Å²) in [5.74, 6) is 1.26. The van der Waals surface area contributed by atoms with Crippen molar-refractivity contribution in [2.45, 2.75) is 20.3 Å². The van der Waals surface area contributed by atoms with Crippen LogP contribution >= 0.6 is 11.3 Å². The first-order valence-electron chi connectivity index (χ1n) is 12.3. The van der Waals surface area contributed by atoms with Gasteiger partial charge in [0, 0.05) is 6.42 Å². The van der Waals surface area contributed by atoms with Gasteiger partial charge >= 0.3 is 0 Å². The third-order valence-electron chi connectivity index (χ3n) is 5.68. The highest BCUT2D eigenvalue weighted by Gasteiger charge is 2.14. The lowest BCUT2D eigenvalue weighted by molar-refractivity contribution is -0.112. The highest BCUT2D eigenvalue weighted by Crippen LogP contribution is 2.29. The first-order valence-corrected chi connectivity index (χ1v) is 13.1. The molecular formula is C30H28N4O4S. The minimum atomic E-state index is -0.567. The third kappa shape index (κ3) is 7.66. The van der Waals surface area contributed by atoms with Crippen LogP contribution in [0.2, 0.25) is 0 Å². The van der Waals surface area contributed by atoms with Crippen LogP contribution in [0.3, 0.4) is 0 Å². The number of carbonyl (C=O) groups excluding carboxylic acids is 1. The number of nitrogens with zero attached hydrogens (tertiary/aromatic N) is 3. The summed E-state index contributed by atoms with van der Waals surface area (Å²) in [6, 6.07) is 23.0. The van der Waals surface area contributed by atoms with E-state index in [1.165, 1.54) is 30.1 Å². The van der Waals surface area contributed by atoms with Crippen LogP contribution < -0.4 is 19.5 Å². The van der Waals surface area contributed by atoms with E-state index in [1.807, 2.05) is 62.4 Å². The Kier molecular flexibility index (Phi) is 9.27. The van der Waals surface area contributed by atoms with Gasteiger partial charge in [-0.25, -0.2) is 0 Å². The van der Waals surface area contributed by atoms with Gasteiger partial charge in [-0.2, -0.15) is 5.26 Å². The number of amides is 1. The van der Waals surface area contributed by atoms with Gasteiger partial charge < -0.3 is 14.2 Å². The van der Waals surface area contributed by atoms with E-state index in [0.29, 0.717) is 41.8 Å². The molecular weight excluding hydrogens is 512 g/mol. The summed E-state index contributed by atoms with van der Waals surface area (Å²) in [4.78, 5) is 12.7. The number of methoxy groups -OCH3 is 1. The van der Waals surface area contributed by atoms with Crippen LogP contribution in [0.5, 0.6) is 17.2 Å². The Morgan fingerprint density at radius 1 is 0.974 bits per heavy atom. The first kappa shape index (κ1) is 27.4. The average Bonchev–Trinajstić information content (AvgIpc) is 3.37. The molecule has 0 radical (unpaired) electrons. The third-order valence-corrected chi connectivity index (χ3v) is 6.52. The number of aromatic nitrogens is 2. The van der Waals surface area contributed by atoms with Crippen molar-refractivity contribution in [1.29, 1.82) is 5.26 Å². The van der Waals surface area contributed by atoms with Gasteiger partial charge in [0.05, 0.1) is 7.11 Å². The number of nitrogens with one attached hydrogen (secondary N) is 1. The predicted molar refractivity (Wildman–Crippen MR) is 151 cm³/mol. The van der Waals surface area contributed by atoms with Gasteiger partial charge in [0.15, 0.2) is 11.5 Å². The van der Waals surface area contributed by atoms with Gasteiger partial charge in [-0.1, -0.05) is 65.4 Å². The zero-order valence-electron chi connectivity index (χ0n) is 21.9. The number of hydrogen-bond donors (Lipinski definition) is 1. The van der Waals surface area contributed by atoms with E-state index in [9.17, 15) is 10.1 Å². The van der Waals surface area contributed by atoms with Crippen molar-refractivity contribution in [3.05, 3.63) is 99.6 Å². The maximum Gasteiger partial charge on any atom is 0.268 e. The molecule has 0 bridgehead atoms. The van der Waals surface area contributed by atoms with E-state index in [1.54, 1.807) is 18.2 Å². The topological polar surface area (TPSA) is 106 Å². The minimum Gasteiger partial charge on any atom is -0.493 e. The van der Waals surface area contributed by atoms with Gasteiger partial charge in [0.2, 0.25) is 5.13 Å². The molecule has 9 heteroatoms. The molecule has 1 amide bonds. The SMILES string of the molecule is COc1cc(C=C(C#N)C(=O)Nc2nnc(Cc3ccccc3)s2)ccc1OCCOc1ccc(C)cc1C. The van der Waals surface area contributed by atoms with Gasteiger partial charge in [-0.3, -0.25) is 10.1 Å². The van der Waals surface area contributed by atoms with E-state index < -0.39 is 5.91 Å². The zero-order valence-corrected chi connectivity index (χ0v) is 22.7. The molecule has 0 unspecified atom stereocenters. The number of aryl methyl sites for hydroxylation is 2. The molecule has 198 valence electrons. The standard InChI is InChI=1S/C30H28N4O4S/c1-20-9-11-25(21(2)15-20)37-13-14-38-26-12-10-23(17-27(26)36-3)16-24(19-31)29(35)32-30-34-33-28(39-30)18-22-7-5-4-6-8-22/h4-12,15-17H,13-14,18H2,1-3H3,(H,32,34,35). The summed E-state index contributed by atoms with van der Waals surface area (Å²) in [6.45, 7) is 4.73. The Morgan fingerprint density at radius 2 is 1.72 bits per heavy atom. The van der Waals surface area contributed by atoms with Gasteiger partial charge in [-0.05, 0) is 54.8 Å². The molecule has 0 aliphatic rings. The molecule has 8 nitrogen and oxygen atoms in total. The van der Waals surface area contributed by atoms with Crippen LogP contribution in [0.15, 0.2) is 72.3 Å². The summed E-state index contributed by atoms with van der Waals surface area (Å²) >= 11 is 1.27. The largest absolute Gasteiger partial charge is 0.493 e. The summed E-state index contributed by atoms with van der Waals surface area (Å²) in [7, 11) is 1.53. The molecule has 39 heavy (non-hydrogen) atoms. The van der Waals surface area contributed by atoms with Crippen LogP contribution in [0, 0.1) is 25.2 Å². The lowest BCUT2D eigenvalue weighted by Crippen LogP contribution is -2.13. The molecule has 3 aromatic carbocycles. The molecule has 0 spiro atoms. The molecule has 0 saturated heterocycles. The fraction of sp³-hybridized carbons (Fsp3) is 0.200. The Morgan fingerprint density at radius 3 is 2.44 bits per heavy atom. The quantitative estimate of drug-likeness (QED) is 0.146. The van der Waals surface area contributed by atoms with Crippen molar-refractivity contribution in [2.24, 2.45) is 0 Å². The van der Waals surface area contributed by atoms with Crippen LogP contribution in [0.1, 0.15) is 27.3 Å². The number of hydrogen-bond acceptors (Lipinski definition) is 8. The number of carbonyl (C=O) groups is 1. The Balaban J connectivity index is 1.35. The van der Waals surface area contributed by atoms with E-state index in [-0.39, 0.29) is 5.57 Å².